The second kappa shape index (κ2) is 3.82. The quantitative estimate of drug-likeness (QED) is 0.340. The van der Waals surface area contributed by atoms with Crippen molar-refractivity contribution in [3.63, 3.8) is 0 Å². The molecular weight excluding hydrogens is 216 g/mol. The van der Waals surface area contributed by atoms with Gasteiger partial charge in [-0.15, -0.1) is 0 Å². The van der Waals surface area contributed by atoms with E-state index in [1.165, 1.54) is 0 Å². The van der Waals surface area contributed by atoms with Crippen molar-refractivity contribution in [3.05, 3.63) is 52.2 Å². The molecule has 1 aromatic heterocycles. The Bertz CT molecular complexity index is 516. The summed E-state index contributed by atoms with van der Waals surface area (Å²) in [5.41, 5.74) is -0.308. The third-order valence-corrected chi connectivity index (χ3v) is 2.43. The summed E-state index contributed by atoms with van der Waals surface area (Å²) in [7, 11) is 0. The minimum absolute atomic E-state index is 0.264. The van der Waals surface area contributed by atoms with Gasteiger partial charge in [0.1, 0.15) is 5.69 Å². The molecule has 0 amide bonds. The van der Waals surface area contributed by atoms with Gasteiger partial charge in [0.2, 0.25) is 0 Å². The van der Waals surface area contributed by atoms with Crippen molar-refractivity contribution in [2.24, 2.45) is 0 Å². The molecule has 0 aliphatic heterocycles. The fraction of sp³-hybridized carbons (Fsp3) is 0.100. The molecule has 2 rings (SSSR count). The predicted molar refractivity (Wildman–Crippen MR) is 57.3 cm³/mol. The van der Waals surface area contributed by atoms with Crippen molar-refractivity contribution >= 4 is 22.5 Å². The summed E-state index contributed by atoms with van der Waals surface area (Å²) in [6.07, 6.45) is 0. The van der Waals surface area contributed by atoms with E-state index < -0.39 is 10.4 Å². The Balaban J connectivity index is 2.51. The van der Waals surface area contributed by atoms with Crippen LogP contribution in [-0.4, -0.2) is 9.91 Å². The van der Waals surface area contributed by atoms with E-state index in [0.29, 0.717) is 5.52 Å². The van der Waals surface area contributed by atoms with Crippen molar-refractivity contribution < 1.29 is 4.92 Å². The summed E-state index contributed by atoms with van der Waals surface area (Å²) >= 11 is 5.58. The molecule has 4 nitrogen and oxygen atoms in total. The van der Waals surface area contributed by atoms with Gasteiger partial charge in [-0.2, -0.15) is 0 Å². The van der Waals surface area contributed by atoms with Crippen LogP contribution in [0, 0.1) is 10.1 Å². The summed E-state index contributed by atoms with van der Waals surface area (Å²) in [6, 6.07) is 10.7. The van der Waals surface area contributed by atoms with Gasteiger partial charge < -0.3 is 0 Å². The Morgan fingerprint density at radius 3 is 2.73 bits per heavy atom. The number of benzene rings is 1. The number of para-hydroxylation sites is 1. The summed E-state index contributed by atoms with van der Waals surface area (Å²) in [5.74, 6) is 0. The van der Waals surface area contributed by atoms with E-state index >= 15 is 0 Å². The van der Waals surface area contributed by atoms with Crippen LogP contribution in [0.1, 0.15) is 11.2 Å². The lowest BCUT2D eigenvalue weighted by Crippen LogP contribution is -2.05. The van der Waals surface area contributed by atoms with E-state index in [1.807, 2.05) is 18.2 Å². The topological polar surface area (TPSA) is 56.0 Å². The molecule has 1 aromatic carbocycles. The van der Waals surface area contributed by atoms with Crippen LogP contribution in [0.15, 0.2) is 36.4 Å². The zero-order chi connectivity index (χ0) is 10.8. The van der Waals surface area contributed by atoms with E-state index in [2.05, 4.69) is 4.98 Å². The van der Waals surface area contributed by atoms with Gasteiger partial charge in [0.15, 0.2) is 0 Å². The number of hydrogen-bond acceptors (Lipinski definition) is 3. The predicted octanol–water partition coefficient (Wildman–Crippen LogP) is 2.75. The van der Waals surface area contributed by atoms with Crippen molar-refractivity contribution in [3.8, 4) is 0 Å². The maximum Gasteiger partial charge on any atom is 0.328 e. The lowest BCUT2D eigenvalue weighted by Gasteiger charge is -2.02. The molecule has 0 radical (unpaired) electrons. The number of alkyl halides is 1. The molecule has 76 valence electrons. The molecule has 0 bridgehead atoms. The van der Waals surface area contributed by atoms with Gasteiger partial charge >= 0.3 is 5.50 Å². The highest BCUT2D eigenvalue weighted by Gasteiger charge is 2.20. The van der Waals surface area contributed by atoms with E-state index in [9.17, 15) is 10.1 Å². The number of pyridine rings is 1. The largest absolute Gasteiger partial charge is 0.328 e. The van der Waals surface area contributed by atoms with Gasteiger partial charge in [-0.3, -0.25) is 10.1 Å². The van der Waals surface area contributed by atoms with E-state index in [4.69, 9.17) is 11.6 Å². The Kier molecular flexibility index (Phi) is 2.51. The third kappa shape index (κ3) is 1.89. The molecule has 0 spiro atoms. The molecule has 1 heterocycles. The lowest BCUT2D eigenvalue weighted by molar-refractivity contribution is -0.504. The van der Waals surface area contributed by atoms with Gasteiger partial charge in [0.25, 0.3) is 0 Å². The molecule has 2 aromatic rings. The minimum atomic E-state index is -1.28. The number of aromatic nitrogens is 1. The molecule has 15 heavy (non-hydrogen) atoms. The first-order valence-corrected chi connectivity index (χ1v) is 4.75. The van der Waals surface area contributed by atoms with Gasteiger partial charge in [0, 0.05) is 10.3 Å². The maximum absolute atomic E-state index is 10.5. The van der Waals surface area contributed by atoms with Crippen LogP contribution < -0.4 is 0 Å². The lowest BCUT2D eigenvalue weighted by atomic mass is 10.2. The maximum atomic E-state index is 10.5. The zero-order valence-corrected chi connectivity index (χ0v) is 8.39. The first-order valence-electron chi connectivity index (χ1n) is 4.32. The summed E-state index contributed by atoms with van der Waals surface area (Å²) in [4.78, 5) is 14.0. The monoisotopic (exact) mass is 222 g/mol. The average molecular weight is 223 g/mol. The molecule has 0 N–H and O–H groups in total. The van der Waals surface area contributed by atoms with Crippen molar-refractivity contribution in [1.29, 1.82) is 0 Å². The molecule has 0 saturated carbocycles. The molecule has 0 aliphatic carbocycles. The van der Waals surface area contributed by atoms with Crippen molar-refractivity contribution in [2.45, 2.75) is 5.50 Å². The normalized spacial score (nSPS) is 12.6. The van der Waals surface area contributed by atoms with Crippen LogP contribution in [0.4, 0.5) is 0 Å². The molecule has 5 heteroatoms. The van der Waals surface area contributed by atoms with E-state index in [-0.39, 0.29) is 5.69 Å². The van der Waals surface area contributed by atoms with E-state index in [0.717, 1.165) is 5.39 Å². The summed E-state index contributed by atoms with van der Waals surface area (Å²) < 4.78 is 0. The van der Waals surface area contributed by atoms with Crippen LogP contribution >= 0.6 is 11.6 Å². The van der Waals surface area contributed by atoms with Gasteiger partial charge in [-0.1, -0.05) is 24.3 Å². The molecule has 0 saturated heterocycles. The first kappa shape index (κ1) is 9.86. The van der Waals surface area contributed by atoms with Crippen LogP contribution in [0.25, 0.3) is 10.9 Å². The SMILES string of the molecule is O=[N+]([O-])C(Cl)c1ccc2ccccc2n1. The van der Waals surface area contributed by atoms with Crippen molar-refractivity contribution in [1.82, 2.24) is 4.98 Å². The highest BCUT2D eigenvalue weighted by molar-refractivity contribution is 6.19. The van der Waals surface area contributed by atoms with Gasteiger partial charge in [-0.25, -0.2) is 4.98 Å². The zero-order valence-electron chi connectivity index (χ0n) is 7.63. The molecule has 0 fully saturated rings. The fourth-order valence-corrected chi connectivity index (χ4v) is 1.44. The highest BCUT2D eigenvalue weighted by atomic mass is 35.5. The molecule has 0 aliphatic rings. The number of halogens is 1. The number of hydrogen-bond donors (Lipinski definition) is 0. The summed E-state index contributed by atoms with van der Waals surface area (Å²) in [6.45, 7) is 0. The second-order valence-corrected chi connectivity index (χ2v) is 3.46. The average Bonchev–Trinajstić information content (AvgIpc) is 2.27. The number of rotatable bonds is 2. The smallest absolute Gasteiger partial charge is 0.263 e. The number of nitrogens with zero attached hydrogens (tertiary/aromatic N) is 2. The molecule has 1 unspecified atom stereocenters. The standard InChI is InChI=1S/C10H7ClN2O2/c11-10(13(14)15)9-6-5-7-3-1-2-4-8(7)12-9/h1-6,10H. The summed E-state index contributed by atoms with van der Waals surface area (Å²) in [5, 5.41) is 11.4. The fourth-order valence-electron chi connectivity index (χ4n) is 1.32. The van der Waals surface area contributed by atoms with Crippen molar-refractivity contribution in [2.75, 3.05) is 0 Å². The van der Waals surface area contributed by atoms with Crippen LogP contribution in [-0.2, 0) is 0 Å². The van der Waals surface area contributed by atoms with Crippen LogP contribution in [0.5, 0.6) is 0 Å². The number of fused-ring (bicyclic) bond motifs is 1. The third-order valence-electron chi connectivity index (χ3n) is 2.05. The number of nitro groups is 1. The van der Waals surface area contributed by atoms with E-state index in [1.54, 1.807) is 18.2 Å². The molecular formula is C10H7ClN2O2. The second-order valence-electron chi connectivity index (χ2n) is 3.05. The first-order chi connectivity index (χ1) is 7.18. The van der Waals surface area contributed by atoms with Gasteiger partial charge in [0.05, 0.1) is 5.52 Å². The Morgan fingerprint density at radius 2 is 2.00 bits per heavy atom. The van der Waals surface area contributed by atoms with Crippen LogP contribution in [0.3, 0.4) is 0 Å². The highest BCUT2D eigenvalue weighted by Crippen LogP contribution is 2.21. The Morgan fingerprint density at radius 1 is 1.27 bits per heavy atom. The minimum Gasteiger partial charge on any atom is -0.263 e. The van der Waals surface area contributed by atoms with Crippen LogP contribution in [0.2, 0.25) is 0 Å². The molecule has 1 atom stereocenters. The van der Waals surface area contributed by atoms with Gasteiger partial charge in [-0.05, 0) is 23.7 Å². The Hall–Kier alpha value is -1.68. The Labute approximate surface area is 90.7 Å².